The van der Waals surface area contributed by atoms with Crippen LogP contribution in [0.1, 0.15) is 12.8 Å². The van der Waals surface area contributed by atoms with Crippen molar-refractivity contribution in [2.75, 3.05) is 20.3 Å². The molecular formula is C8H15NO3. The second-order valence-electron chi connectivity index (χ2n) is 3.09. The number of carbonyl (C=O) groups excluding carboxylic acids is 1. The Morgan fingerprint density at radius 2 is 2.42 bits per heavy atom. The zero-order valence-corrected chi connectivity index (χ0v) is 7.25. The fourth-order valence-corrected chi connectivity index (χ4v) is 1.44. The molecule has 4 heteroatoms. The summed E-state index contributed by atoms with van der Waals surface area (Å²) in [5, 5.41) is 11.9. The summed E-state index contributed by atoms with van der Waals surface area (Å²) in [5.74, 6) is -0.184. The van der Waals surface area contributed by atoms with Crippen molar-refractivity contribution in [2.45, 2.75) is 18.9 Å². The summed E-state index contributed by atoms with van der Waals surface area (Å²) >= 11 is 0. The molecule has 1 heterocycles. The summed E-state index contributed by atoms with van der Waals surface area (Å²) in [4.78, 5) is 11.0. The molecule has 70 valence electrons. The molecule has 0 saturated carbocycles. The molecule has 0 radical (unpaired) electrons. The first-order valence-corrected chi connectivity index (χ1v) is 4.20. The Kier molecular flexibility index (Phi) is 3.49. The van der Waals surface area contributed by atoms with Gasteiger partial charge in [-0.2, -0.15) is 0 Å². The molecule has 2 N–H and O–H groups in total. The van der Waals surface area contributed by atoms with Crippen LogP contribution in [-0.4, -0.2) is 37.4 Å². The highest BCUT2D eigenvalue weighted by Crippen LogP contribution is 2.14. The minimum Gasteiger partial charge on any atom is -0.469 e. The number of methoxy groups -OCH3 is 1. The van der Waals surface area contributed by atoms with Gasteiger partial charge in [0.05, 0.1) is 19.6 Å². The van der Waals surface area contributed by atoms with E-state index in [1.54, 1.807) is 0 Å². The number of ether oxygens (including phenoxy) is 1. The molecular weight excluding hydrogens is 158 g/mol. The van der Waals surface area contributed by atoms with E-state index in [0.717, 1.165) is 12.8 Å². The van der Waals surface area contributed by atoms with Crippen molar-refractivity contribution < 1.29 is 14.6 Å². The fraction of sp³-hybridized carbons (Fsp3) is 0.875. The third-order valence-corrected chi connectivity index (χ3v) is 2.27. The van der Waals surface area contributed by atoms with E-state index in [1.165, 1.54) is 7.11 Å². The molecule has 0 spiro atoms. The Hall–Kier alpha value is -0.610. The van der Waals surface area contributed by atoms with Gasteiger partial charge in [0.1, 0.15) is 0 Å². The van der Waals surface area contributed by atoms with Gasteiger partial charge in [-0.3, -0.25) is 4.79 Å². The molecule has 1 aliphatic rings. The second-order valence-corrected chi connectivity index (χ2v) is 3.09. The molecule has 1 fully saturated rings. The van der Waals surface area contributed by atoms with Crippen LogP contribution in [0.4, 0.5) is 0 Å². The van der Waals surface area contributed by atoms with Gasteiger partial charge in [0.25, 0.3) is 0 Å². The first kappa shape index (κ1) is 9.48. The first-order chi connectivity index (χ1) is 5.77. The number of hydrogen-bond acceptors (Lipinski definition) is 4. The third kappa shape index (κ3) is 2.19. The monoisotopic (exact) mass is 173 g/mol. The smallest absolute Gasteiger partial charge is 0.309 e. The summed E-state index contributed by atoms with van der Waals surface area (Å²) in [6, 6.07) is 0.158. The topological polar surface area (TPSA) is 58.6 Å². The highest BCUT2D eigenvalue weighted by molar-refractivity contribution is 5.72. The van der Waals surface area contributed by atoms with Crippen molar-refractivity contribution in [1.29, 1.82) is 0 Å². The minimum atomic E-state index is -0.154. The number of nitrogens with one attached hydrogen (secondary N) is 1. The lowest BCUT2D eigenvalue weighted by atomic mass is 9.95. The molecule has 0 aliphatic carbocycles. The second kappa shape index (κ2) is 4.42. The van der Waals surface area contributed by atoms with Gasteiger partial charge in [-0.25, -0.2) is 0 Å². The predicted molar refractivity (Wildman–Crippen MR) is 43.6 cm³/mol. The van der Waals surface area contributed by atoms with Gasteiger partial charge in [-0.1, -0.05) is 0 Å². The first-order valence-electron chi connectivity index (χ1n) is 4.20. The van der Waals surface area contributed by atoms with Crippen molar-refractivity contribution in [2.24, 2.45) is 5.92 Å². The van der Waals surface area contributed by atoms with Gasteiger partial charge >= 0.3 is 5.97 Å². The van der Waals surface area contributed by atoms with Crippen LogP contribution >= 0.6 is 0 Å². The van der Waals surface area contributed by atoms with E-state index in [9.17, 15) is 4.79 Å². The molecule has 12 heavy (non-hydrogen) atoms. The van der Waals surface area contributed by atoms with Gasteiger partial charge < -0.3 is 15.2 Å². The van der Waals surface area contributed by atoms with E-state index < -0.39 is 0 Å². The lowest BCUT2D eigenvalue weighted by Crippen LogP contribution is -2.43. The number of esters is 1. The van der Waals surface area contributed by atoms with E-state index in [1.807, 2.05) is 0 Å². The van der Waals surface area contributed by atoms with Gasteiger partial charge in [0, 0.05) is 12.6 Å². The molecule has 0 amide bonds. The highest BCUT2D eigenvalue weighted by Gasteiger charge is 2.25. The maximum Gasteiger partial charge on any atom is 0.309 e. The van der Waals surface area contributed by atoms with Crippen LogP contribution in [0, 0.1) is 5.92 Å². The van der Waals surface area contributed by atoms with Crippen LogP contribution in [0.25, 0.3) is 0 Å². The van der Waals surface area contributed by atoms with Gasteiger partial charge in [-0.05, 0) is 12.8 Å². The molecule has 0 aromatic heterocycles. The lowest BCUT2D eigenvalue weighted by Gasteiger charge is -2.26. The molecule has 1 saturated heterocycles. The van der Waals surface area contributed by atoms with Crippen LogP contribution in [0.3, 0.4) is 0 Å². The third-order valence-electron chi connectivity index (χ3n) is 2.27. The SMILES string of the molecule is COC(=O)[C@H]1CC[C@H](CO)NC1. The van der Waals surface area contributed by atoms with Gasteiger partial charge in [0.2, 0.25) is 0 Å². The van der Waals surface area contributed by atoms with Crippen LogP contribution in [-0.2, 0) is 9.53 Å². The Morgan fingerprint density at radius 3 is 2.83 bits per heavy atom. The standard InChI is InChI=1S/C8H15NO3/c1-12-8(11)6-2-3-7(5-10)9-4-6/h6-7,9-10H,2-5H2,1H3/t6-,7+/m0/s1. The summed E-state index contributed by atoms with van der Waals surface area (Å²) in [7, 11) is 1.40. The van der Waals surface area contributed by atoms with Crippen molar-refractivity contribution in [3.8, 4) is 0 Å². The summed E-state index contributed by atoms with van der Waals surface area (Å²) in [5.41, 5.74) is 0. The molecule has 1 rings (SSSR count). The Bertz CT molecular complexity index is 152. The van der Waals surface area contributed by atoms with E-state index in [0.29, 0.717) is 6.54 Å². The van der Waals surface area contributed by atoms with Gasteiger partial charge in [-0.15, -0.1) is 0 Å². The fourth-order valence-electron chi connectivity index (χ4n) is 1.44. The molecule has 0 bridgehead atoms. The quantitative estimate of drug-likeness (QED) is 0.554. The summed E-state index contributed by atoms with van der Waals surface area (Å²) in [6.07, 6.45) is 1.65. The van der Waals surface area contributed by atoms with E-state index >= 15 is 0 Å². The lowest BCUT2D eigenvalue weighted by molar-refractivity contribution is -0.146. The molecule has 4 nitrogen and oxygen atoms in total. The Morgan fingerprint density at radius 1 is 1.67 bits per heavy atom. The van der Waals surface area contributed by atoms with Crippen molar-refractivity contribution in [3.63, 3.8) is 0 Å². The average molecular weight is 173 g/mol. The molecule has 0 unspecified atom stereocenters. The van der Waals surface area contributed by atoms with E-state index in [4.69, 9.17) is 5.11 Å². The normalized spacial score (nSPS) is 29.8. The number of aliphatic hydroxyl groups is 1. The molecule has 2 atom stereocenters. The predicted octanol–water partition coefficient (Wildman–Crippen LogP) is -0.480. The average Bonchev–Trinajstić information content (AvgIpc) is 2.17. The molecule has 0 aromatic rings. The van der Waals surface area contributed by atoms with Crippen LogP contribution in [0.15, 0.2) is 0 Å². The number of rotatable bonds is 2. The molecule has 1 aliphatic heterocycles. The van der Waals surface area contributed by atoms with E-state index in [2.05, 4.69) is 10.1 Å². The van der Waals surface area contributed by atoms with Crippen LogP contribution in [0.5, 0.6) is 0 Å². The van der Waals surface area contributed by atoms with Gasteiger partial charge in [0.15, 0.2) is 0 Å². The van der Waals surface area contributed by atoms with E-state index in [-0.39, 0.29) is 24.5 Å². The van der Waals surface area contributed by atoms with Crippen molar-refractivity contribution in [3.05, 3.63) is 0 Å². The largest absolute Gasteiger partial charge is 0.469 e. The molecule has 0 aromatic carbocycles. The maximum atomic E-state index is 11.0. The van der Waals surface area contributed by atoms with Crippen molar-refractivity contribution in [1.82, 2.24) is 5.32 Å². The summed E-state index contributed by atoms with van der Waals surface area (Å²) < 4.78 is 4.62. The Labute approximate surface area is 71.9 Å². The number of carbonyl (C=O) groups is 1. The van der Waals surface area contributed by atoms with Crippen molar-refractivity contribution >= 4 is 5.97 Å². The minimum absolute atomic E-state index is 0.0298. The summed E-state index contributed by atoms with van der Waals surface area (Å²) in [6.45, 7) is 0.770. The zero-order chi connectivity index (χ0) is 8.97. The van der Waals surface area contributed by atoms with Crippen LogP contribution in [0.2, 0.25) is 0 Å². The van der Waals surface area contributed by atoms with Crippen LogP contribution < -0.4 is 5.32 Å². The number of aliphatic hydroxyl groups excluding tert-OH is 1. The number of piperidine rings is 1. The Balaban J connectivity index is 2.30. The maximum absolute atomic E-state index is 11.0. The zero-order valence-electron chi connectivity index (χ0n) is 7.25. The highest BCUT2D eigenvalue weighted by atomic mass is 16.5. The number of hydrogen-bond donors (Lipinski definition) is 2.